The van der Waals surface area contributed by atoms with Gasteiger partial charge in [0, 0.05) is 45.5 Å². The third kappa shape index (κ3) is 19.8. The van der Waals surface area contributed by atoms with Crippen molar-refractivity contribution in [2.24, 2.45) is 0 Å². The van der Waals surface area contributed by atoms with E-state index in [1.165, 1.54) is 256 Å². The van der Waals surface area contributed by atoms with Crippen LogP contribution in [-0.2, 0) is 46.3 Å². The molecule has 740 valence electrons. The highest BCUT2D eigenvalue weighted by atomic mass is 15.2. The molecule has 0 aromatic heterocycles. The van der Waals surface area contributed by atoms with E-state index in [4.69, 9.17) is 0 Å². The van der Waals surface area contributed by atoms with Crippen LogP contribution in [0.1, 0.15) is 277 Å². The molecule has 17 aromatic rings. The smallest absolute Gasteiger partial charge is 0.0713 e. The summed E-state index contributed by atoms with van der Waals surface area (Å²) >= 11 is 0. The molecule has 0 spiro atoms. The Morgan fingerprint density at radius 3 is 0.630 bits per heavy atom. The minimum absolute atomic E-state index is 0.0109. The van der Waals surface area contributed by atoms with Gasteiger partial charge in [-0.2, -0.15) is 0 Å². The average Bonchev–Trinajstić information content (AvgIpc) is 1.54. The topological polar surface area (TPSA) is 13.0 Å². The van der Waals surface area contributed by atoms with E-state index in [0.29, 0.717) is 0 Å². The van der Waals surface area contributed by atoms with Crippen LogP contribution in [0.3, 0.4) is 0 Å². The maximum atomic E-state index is 2.51. The molecule has 0 radical (unpaired) electrons. The maximum Gasteiger partial charge on any atom is 0.0713 e. The minimum Gasteiger partial charge on any atom is -0.310 e. The van der Waals surface area contributed by atoms with Crippen molar-refractivity contribution in [2.75, 3.05) is 19.6 Å². The van der Waals surface area contributed by atoms with Gasteiger partial charge in [-0.05, 0) is 405 Å². The molecule has 0 amide bonds. The number of hydrogen-bond acceptors (Lipinski definition) is 4. The molecule has 0 atom stereocenters. The molecule has 0 bridgehead atoms. The molecule has 0 aliphatic heterocycles. The van der Waals surface area contributed by atoms with Gasteiger partial charge < -0.3 is 19.6 Å². The van der Waals surface area contributed by atoms with E-state index in [1.54, 1.807) is 0 Å². The van der Waals surface area contributed by atoms with Crippen molar-refractivity contribution in [1.29, 1.82) is 0 Å². The summed E-state index contributed by atoms with van der Waals surface area (Å²) in [5.41, 5.74) is 57.4. The lowest BCUT2D eigenvalue weighted by Gasteiger charge is -2.35. The van der Waals surface area contributed by atoms with Gasteiger partial charge in [0.15, 0.2) is 0 Å². The van der Waals surface area contributed by atoms with Crippen LogP contribution in [0.4, 0.5) is 68.2 Å². The standard InChI is InChI=1S/C74H78N2.C68H74N2/c1-47-17-25-57(26-18-47)74(67-41-48(2)19-39-65(67)66-40-20-49(3)42-68(66)74)58-29-33-62(34-30-58)76(70-52(6)45-60(46-53(70)7)73(14,15)16)64-37-35-63(36-38-64)75(69-50(4)43-59(44-51(69)5)72(11,12)13)61-31-23-55(24-32-61)54-21-27-56(28-22-54)71(8,9)10;1-11-14-17-53-24-30-58(31-25-53)69(66-49(7)42-54(18-15-12-2)43-50(66)8)60-34-36-61(37-35-60)70(67-51(9)44-55(19-16-13-3)45-52(67)10)59-32-28-57(29-33-59)68(56-26-20-46(4)21-27-56)64-40-47(5)22-38-62(64)63-39-23-48(6)41-65(63)68/h17-46H,1-16H3;20-45H,11-19H2,1-10H3. The number of nitrogens with zero attached hydrogens (tertiary/aromatic N) is 4. The second kappa shape index (κ2) is 41.5. The molecule has 4 heteroatoms. The second-order valence-corrected chi connectivity index (χ2v) is 45.8. The minimum atomic E-state index is -0.499. The average molecular weight is 1910 g/mol. The first-order chi connectivity index (χ1) is 69.9. The van der Waals surface area contributed by atoms with Crippen LogP contribution in [0, 0.1) is 96.9 Å². The summed E-state index contributed by atoms with van der Waals surface area (Å²) in [6.07, 6.45) is 10.5. The molecule has 0 heterocycles. The fourth-order valence-corrected chi connectivity index (χ4v) is 23.6. The van der Waals surface area contributed by atoms with Gasteiger partial charge in [0.25, 0.3) is 0 Å². The normalized spacial score (nSPS) is 12.8. The van der Waals surface area contributed by atoms with Crippen molar-refractivity contribution in [3.63, 3.8) is 0 Å². The molecular weight excluding hydrogens is 1760 g/mol. The van der Waals surface area contributed by atoms with Gasteiger partial charge in [0.2, 0.25) is 0 Å². The van der Waals surface area contributed by atoms with Crippen molar-refractivity contribution in [2.45, 2.75) is 265 Å². The molecule has 2 aliphatic rings. The van der Waals surface area contributed by atoms with Crippen LogP contribution in [0.2, 0.25) is 0 Å². The molecule has 0 N–H and O–H groups in total. The van der Waals surface area contributed by atoms with Crippen molar-refractivity contribution in [1.82, 2.24) is 0 Å². The van der Waals surface area contributed by atoms with Gasteiger partial charge in [0.05, 0.1) is 33.6 Å². The zero-order valence-corrected chi connectivity index (χ0v) is 92.0. The van der Waals surface area contributed by atoms with Crippen LogP contribution < -0.4 is 19.6 Å². The van der Waals surface area contributed by atoms with Crippen LogP contribution in [0.15, 0.2) is 340 Å². The molecule has 0 saturated heterocycles. The zero-order valence-electron chi connectivity index (χ0n) is 92.0. The highest BCUT2D eigenvalue weighted by Crippen LogP contribution is 2.60. The lowest BCUT2D eigenvalue weighted by Crippen LogP contribution is -2.29. The van der Waals surface area contributed by atoms with E-state index in [9.17, 15) is 0 Å². The Labute approximate surface area is 875 Å². The lowest BCUT2D eigenvalue weighted by molar-refractivity contribution is 0.589. The summed E-state index contributed by atoms with van der Waals surface area (Å²) in [6.45, 7) is 59.1. The zero-order chi connectivity index (χ0) is 103. The number of hydrogen-bond donors (Lipinski definition) is 0. The summed E-state index contributed by atoms with van der Waals surface area (Å²) in [5, 5.41) is 0. The number of unbranched alkanes of at least 4 members (excludes halogenated alkanes) is 3. The van der Waals surface area contributed by atoms with Gasteiger partial charge in [-0.25, -0.2) is 0 Å². The Morgan fingerprint density at radius 2 is 0.390 bits per heavy atom. The van der Waals surface area contributed by atoms with Gasteiger partial charge in [-0.15, -0.1) is 0 Å². The SMILES string of the molecule is CCCCc1ccc(N(c2ccc(N(c3ccc(C4(c5ccc(C)cc5)c5cc(C)ccc5-c5ccc(C)cc54)cc3)c3c(C)cc(CCCC)cc3C)cc2)c2c(C)cc(CCCC)cc2C)cc1.Cc1ccc(C2(c3ccc(N(c4ccc(N(c5ccc(-c6ccc(C(C)(C)C)cc6)cc5)c5c(C)cc(C(C)(C)C)cc5C)cc4)c4c(C)cc(C(C)(C)C)cc4C)cc3)c3cc(C)ccc3-c3ccc(C)cc32)cc1. The highest BCUT2D eigenvalue weighted by molar-refractivity contribution is 5.93. The number of anilines is 12. The van der Waals surface area contributed by atoms with Gasteiger partial charge in [-0.3, -0.25) is 0 Å². The Hall–Kier alpha value is -14.1. The Balaban J connectivity index is 0.000000192. The predicted molar refractivity (Wildman–Crippen MR) is 630 cm³/mol. The number of benzene rings is 17. The molecule has 0 unspecified atom stereocenters. The van der Waals surface area contributed by atoms with Gasteiger partial charge >= 0.3 is 0 Å². The third-order valence-corrected chi connectivity index (χ3v) is 31.3. The summed E-state index contributed by atoms with van der Waals surface area (Å²) in [5.74, 6) is 0. The lowest BCUT2D eigenvalue weighted by atomic mass is 9.67. The summed E-state index contributed by atoms with van der Waals surface area (Å²) in [7, 11) is 0. The molecule has 2 aliphatic carbocycles. The Bertz CT molecular complexity index is 7420. The largest absolute Gasteiger partial charge is 0.310 e. The fourth-order valence-electron chi connectivity index (χ4n) is 23.6. The number of fused-ring (bicyclic) bond motifs is 6. The fraction of sp³-hybridized carbons (Fsp3) is 0.282. The monoisotopic (exact) mass is 1910 g/mol. The van der Waals surface area contributed by atoms with E-state index >= 15 is 0 Å². The summed E-state index contributed by atoms with van der Waals surface area (Å²) in [4.78, 5) is 9.96. The molecule has 19 rings (SSSR count). The van der Waals surface area contributed by atoms with Crippen LogP contribution in [0.25, 0.3) is 33.4 Å². The van der Waals surface area contributed by atoms with E-state index in [0.717, 1.165) is 59.1 Å². The first-order valence-electron chi connectivity index (χ1n) is 53.8. The summed E-state index contributed by atoms with van der Waals surface area (Å²) < 4.78 is 0. The molecular formula is C142H152N4. The maximum absolute atomic E-state index is 2.51. The quantitative estimate of drug-likeness (QED) is 0.0536. The predicted octanol–water partition coefficient (Wildman–Crippen LogP) is 39.9. The van der Waals surface area contributed by atoms with Crippen molar-refractivity contribution < 1.29 is 0 Å². The van der Waals surface area contributed by atoms with E-state index in [2.05, 4.69) is 539 Å². The van der Waals surface area contributed by atoms with E-state index in [1.807, 2.05) is 0 Å². The van der Waals surface area contributed by atoms with Gasteiger partial charge in [-0.1, -0.05) is 378 Å². The van der Waals surface area contributed by atoms with Crippen molar-refractivity contribution in [3.05, 3.63) is 495 Å². The Kier molecular flexibility index (Phi) is 29.0. The summed E-state index contributed by atoms with van der Waals surface area (Å²) in [6, 6.07) is 131. The van der Waals surface area contributed by atoms with E-state index < -0.39 is 10.8 Å². The van der Waals surface area contributed by atoms with Crippen molar-refractivity contribution >= 4 is 68.2 Å². The molecule has 0 fully saturated rings. The van der Waals surface area contributed by atoms with E-state index in [-0.39, 0.29) is 16.2 Å². The van der Waals surface area contributed by atoms with Gasteiger partial charge in [0.1, 0.15) is 0 Å². The second-order valence-electron chi connectivity index (χ2n) is 45.8. The van der Waals surface area contributed by atoms with Crippen LogP contribution >= 0.6 is 0 Å². The first-order valence-corrected chi connectivity index (χ1v) is 53.8. The van der Waals surface area contributed by atoms with Crippen LogP contribution in [0.5, 0.6) is 0 Å². The first kappa shape index (κ1) is 102. The highest BCUT2D eigenvalue weighted by Gasteiger charge is 2.49. The Morgan fingerprint density at radius 1 is 0.192 bits per heavy atom. The molecule has 146 heavy (non-hydrogen) atoms. The van der Waals surface area contributed by atoms with Crippen molar-refractivity contribution in [3.8, 4) is 33.4 Å². The third-order valence-electron chi connectivity index (χ3n) is 31.3. The number of rotatable bonds is 26. The molecule has 4 nitrogen and oxygen atoms in total. The molecule has 17 aromatic carbocycles. The van der Waals surface area contributed by atoms with Crippen LogP contribution in [-0.4, -0.2) is 0 Å². The molecule has 0 saturated carbocycles. The number of aryl methyl sites for hydroxylation is 17.